The number of aryl methyl sites for hydroxylation is 1. The van der Waals surface area contributed by atoms with Crippen molar-refractivity contribution >= 4 is 31.9 Å². The fourth-order valence-corrected chi connectivity index (χ4v) is 3.52. The Morgan fingerprint density at radius 1 is 1.14 bits per heavy atom. The zero-order chi connectivity index (χ0) is 15.4. The van der Waals surface area contributed by atoms with E-state index in [1.54, 1.807) is 6.07 Å². The van der Waals surface area contributed by atoms with Gasteiger partial charge in [-0.05, 0) is 92.7 Å². The summed E-state index contributed by atoms with van der Waals surface area (Å²) in [4.78, 5) is 0. The largest absolute Gasteiger partial charge is 0.487 e. The highest BCUT2D eigenvalue weighted by molar-refractivity contribution is 9.11. The standard InChI is InChI=1S/C16H16Br2FNO/c1-10-2-3-13(19)8-12(10)9-21-16-14(17)6-11(4-5-20)7-15(16)18/h2-3,6-8H,4-5,9,20H2,1H3. The van der Waals surface area contributed by atoms with Gasteiger partial charge in [-0.3, -0.25) is 0 Å². The lowest BCUT2D eigenvalue weighted by molar-refractivity contribution is 0.300. The van der Waals surface area contributed by atoms with Crippen LogP contribution in [0, 0.1) is 12.7 Å². The van der Waals surface area contributed by atoms with Crippen LogP contribution in [-0.4, -0.2) is 6.54 Å². The first kappa shape index (κ1) is 16.5. The fourth-order valence-electron chi connectivity index (χ4n) is 2.01. The van der Waals surface area contributed by atoms with E-state index in [4.69, 9.17) is 10.5 Å². The second-order valence-electron chi connectivity index (χ2n) is 4.79. The van der Waals surface area contributed by atoms with E-state index in [1.807, 2.05) is 19.1 Å². The Morgan fingerprint density at radius 2 is 1.81 bits per heavy atom. The molecule has 2 nitrogen and oxygen atoms in total. The number of nitrogens with two attached hydrogens (primary N) is 1. The number of halogens is 3. The molecular formula is C16H16Br2FNO. The molecule has 0 aromatic heterocycles. The maximum absolute atomic E-state index is 13.3. The smallest absolute Gasteiger partial charge is 0.148 e. The van der Waals surface area contributed by atoms with Gasteiger partial charge in [0.15, 0.2) is 0 Å². The van der Waals surface area contributed by atoms with Crippen molar-refractivity contribution in [2.24, 2.45) is 5.73 Å². The van der Waals surface area contributed by atoms with E-state index in [1.165, 1.54) is 12.1 Å². The van der Waals surface area contributed by atoms with Gasteiger partial charge in [-0.25, -0.2) is 4.39 Å². The minimum absolute atomic E-state index is 0.254. The first-order valence-electron chi connectivity index (χ1n) is 6.57. The quantitative estimate of drug-likeness (QED) is 0.763. The van der Waals surface area contributed by atoms with Crippen molar-refractivity contribution in [1.29, 1.82) is 0 Å². The zero-order valence-corrected chi connectivity index (χ0v) is 14.8. The molecule has 0 aliphatic heterocycles. The molecule has 0 spiro atoms. The molecule has 0 atom stereocenters. The Kier molecular flexibility index (Phi) is 5.79. The molecule has 5 heteroatoms. The molecule has 0 heterocycles. The lowest BCUT2D eigenvalue weighted by Gasteiger charge is -2.13. The highest BCUT2D eigenvalue weighted by Gasteiger charge is 2.10. The molecule has 2 aromatic carbocycles. The van der Waals surface area contributed by atoms with Crippen LogP contribution in [0.2, 0.25) is 0 Å². The average molecular weight is 417 g/mol. The molecule has 0 amide bonds. The van der Waals surface area contributed by atoms with Crippen molar-refractivity contribution in [3.8, 4) is 5.75 Å². The second kappa shape index (κ2) is 7.38. The molecule has 0 aliphatic rings. The number of benzene rings is 2. The van der Waals surface area contributed by atoms with Gasteiger partial charge in [0.1, 0.15) is 18.2 Å². The van der Waals surface area contributed by atoms with Gasteiger partial charge in [0.2, 0.25) is 0 Å². The van der Waals surface area contributed by atoms with Crippen LogP contribution in [0.25, 0.3) is 0 Å². The molecule has 0 fully saturated rings. The molecule has 2 N–H and O–H groups in total. The highest BCUT2D eigenvalue weighted by Crippen LogP contribution is 2.35. The van der Waals surface area contributed by atoms with Gasteiger partial charge in [-0.15, -0.1) is 0 Å². The molecule has 0 aliphatic carbocycles. The fraction of sp³-hybridized carbons (Fsp3) is 0.250. The van der Waals surface area contributed by atoms with Crippen molar-refractivity contribution < 1.29 is 9.13 Å². The molecule has 0 saturated heterocycles. The lowest BCUT2D eigenvalue weighted by Crippen LogP contribution is -2.04. The molecule has 0 bridgehead atoms. The van der Waals surface area contributed by atoms with E-state index in [0.29, 0.717) is 18.9 Å². The Bertz CT molecular complexity index is 623. The monoisotopic (exact) mass is 415 g/mol. The number of hydrogen-bond acceptors (Lipinski definition) is 2. The maximum atomic E-state index is 13.3. The number of ether oxygens (including phenoxy) is 1. The van der Waals surface area contributed by atoms with E-state index in [9.17, 15) is 4.39 Å². The van der Waals surface area contributed by atoms with Crippen LogP contribution in [-0.2, 0) is 13.0 Å². The Labute approximate surface area is 140 Å². The van der Waals surface area contributed by atoms with E-state index in [0.717, 1.165) is 32.1 Å². The van der Waals surface area contributed by atoms with Crippen molar-refractivity contribution in [2.45, 2.75) is 20.0 Å². The first-order chi connectivity index (χ1) is 10.0. The normalized spacial score (nSPS) is 10.7. The summed E-state index contributed by atoms with van der Waals surface area (Å²) < 4.78 is 20.8. The highest BCUT2D eigenvalue weighted by atomic mass is 79.9. The Balaban J connectivity index is 2.18. The van der Waals surface area contributed by atoms with Crippen LogP contribution < -0.4 is 10.5 Å². The predicted octanol–water partition coefficient (Wildman–Crippen LogP) is 4.74. The summed E-state index contributed by atoms with van der Waals surface area (Å²) >= 11 is 7.01. The molecule has 2 aromatic rings. The summed E-state index contributed by atoms with van der Waals surface area (Å²) in [5.74, 6) is 0.454. The number of rotatable bonds is 5. The topological polar surface area (TPSA) is 35.2 Å². The summed E-state index contributed by atoms with van der Waals surface area (Å²) in [5, 5.41) is 0. The zero-order valence-electron chi connectivity index (χ0n) is 11.6. The molecule has 0 radical (unpaired) electrons. The van der Waals surface area contributed by atoms with Gasteiger partial charge < -0.3 is 10.5 Å². The van der Waals surface area contributed by atoms with E-state index >= 15 is 0 Å². The van der Waals surface area contributed by atoms with Crippen LogP contribution >= 0.6 is 31.9 Å². The Morgan fingerprint density at radius 3 is 2.43 bits per heavy atom. The van der Waals surface area contributed by atoms with Crippen molar-refractivity contribution in [3.05, 3.63) is 61.8 Å². The van der Waals surface area contributed by atoms with Gasteiger partial charge in [0.05, 0.1) is 8.95 Å². The van der Waals surface area contributed by atoms with Crippen molar-refractivity contribution in [2.75, 3.05) is 6.54 Å². The summed E-state index contributed by atoms with van der Waals surface area (Å²) in [7, 11) is 0. The minimum Gasteiger partial charge on any atom is -0.487 e. The number of hydrogen-bond donors (Lipinski definition) is 1. The third-order valence-electron chi connectivity index (χ3n) is 3.17. The molecule has 2 rings (SSSR count). The van der Waals surface area contributed by atoms with E-state index in [2.05, 4.69) is 31.9 Å². The summed E-state index contributed by atoms with van der Waals surface area (Å²) in [6, 6.07) is 8.69. The lowest BCUT2D eigenvalue weighted by atomic mass is 10.1. The van der Waals surface area contributed by atoms with Crippen molar-refractivity contribution in [1.82, 2.24) is 0 Å². The second-order valence-corrected chi connectivity index (χ2v) is 6.50. The summed E-state index contributed by atoms with van der Waals surface area (Å²) in [5.41, 5.74) is 8.53. The van der Waals surface area contributed by atoms with Crippen LogP contribution in [0.4, 0.5) is 4.39 Å². The molecule has 0 saturated carbocycles. The molecule has 112 valence electrons. The van der Waals surface area contributed by atoms with Gasteiger partial charge in [0.25, 0.3) is 0 Å². The van der Waals surface area contributed by atoms with Crippen LogP contribution in [0.5, 0.6) is 5.75 Å². The third kappa shape index (κ3) is 4.28. The van der Waals surface area contributed by atoms with Crippen LogP contribution in [0.1, 0.15) is 16.7 Å². The minimum atomic E-state index is -0.254. The van der Waals surface area contributed by atoms with E-state index < -0.39 is 0 Å². The van der Waals surface area contributed by atoms with Crippen LogP contribution in [0.15, 0.2) is 39.3 Å². The van der Waals surface area contributed by atoms with Gasteiger partial charge in [-0.2, -0.15) is 0 Å². The molecule has 0 unspecified atom stereocenters. The summed E-state index contributed by atoms with van der Waals surface area (Å²) in [6.07, 6.45) is 0.806. The predicted molar refractivity (Wildman–Crippen MR) is 90.1 cm³/mol. The van der Waals surface area contributed by atoms with E-state index in [-0.39, 0.29) is 5.82 Å². The molecule has 21 heavy (non-hydrogen) atoms. The van der Waals surface area contributed by atoms with Gasteiger partial charge in [0, 0.05) is 0 Å². The first-order valence-corrected chi connectivity index (χ1v) is 8.15. The van der Waals surface area contributed by atoms with Crippen LogP contribution in [0.3, 0.4) is 0 Å². The van der Waals surface area contributed by atoms with Gasteiger partial charge >= 0.3 is 0 Å². The summed E-state index contributed by atoms with van der Waals surface area (Å²) in [6.45, 7) is 2.85. The Hall–Kier alpha value is -0.910. The third-order valence-corrected chi connectivity index (χ3v) is 4.35. The SMILES string of the molecule is Cc1ccc(F)cc1COc1c(Br)cc(CCN)cc1Br. The van der Waals surface area contributed by atoms with Crippen molar-refractivity contribution in [3.63, 3.8) is 0 Å². The van der Waals surface area contributed by atoms with Gasteiger partial charge in [-0.1, -0.05) is 6.07 Å². The molecular weight excluding hydrogens is 401 g/mol. The average Bonchev–Trinajstić information content (AvgIpc) is 2.42. The maximum Gasteiger partial charge on any atom is 0.148 e.